The molecule has 1 rings (SSSR count). The number of nitrogens with two attached hydrogens (primary N) is 1. The molecule has 0 aliphatic heterocycles. The van der Waals surface area contributed by atoms with Crippen molar-refractivity contribution in [2.75, 3.05) is 12.3 Å². The molecule has 0 spiro atoms. The van der Waals surface area contributed by atoms with Crippen LogP contribution in [0.4, 0.5) is 5.69 Å². The van der Waals surface area contributed by atoms with Crippen LogP contribution in [-0.2, 0) is 10.0 Å². The van der Waals surface area contributed by atoms with Gasteiger partial charge in [-0.05, 0) is 6.07 Å². The summed E-state index contributed by atoms with van der Waals surface area (Å²) in [5.41, 5.74) is -0.508. The molecule has 10 heteroatoms. The Labute approximate surface area is 113 Å². The third kappa shape index (κ3) is 4.47. The summed E-state index contributed by atoms with van der Waals surface area (Å²) in [6.07, 6.45) is 0. The number of hydrogen-bond donors (Lipinski definition) is 2. The van der Waals surface area contributed by atoms with Crippen LogP contribution >= 0.6 is 11.6 Å². The van der Waals surface area contributed by atoms with E-state index >= 15 is 0 Å². The van der Waals surface area contributed by atoms with E-state index < -0.39 is 32.3 Å². The van der Waals surface area contributed by atoms with E-state index in [1.165, 1.54) is 12.1 Å². The van der Waals surface area contributed by atoms with E-state index in [9.17, 15) is 23.3 Å². The third-order valence-corrected chi connectivity index (χ3v) is 3.26. The average Bonchev–Trinajstić information content (AvgIpc) is 2.26. The SMILES string of the molecule is NS(=O)(=O)CCNC(=O)c1cccc([N+](=O)[O-])c1Cl. The molecule has 0 aromatic heterocycles. The van der Waals surface area contributed by atoms with E-state index in [2.05, 4.69) is 5.32 Å². The first-order chi connectivity index (χ1) is 8.72. The van der Waals surface area contributed by atoms with Gasteiger partial charge < -0.3 is 5.32 Å². The van der Waals surface area contributed by atoms with E-state index in [0.29, 0.717) is 0 Å². The number of nitro groups is 1. The molecule has 0 radical (unpaired) electrons. The number of carbonyl (C=O) groups is 1. The molecule has 8 nitrogen and oxygen atoms in total. The topological polar surface area (TPSA) is 132 Å². The Morgan fingerprint density at radius 2 is 2.11 bits per heavy atom. The molecule has 0 bridgehead atoms. The van der Waals surface area contributed by atoms with Crippen molar-refractivity contribution in [3.63, 3.8) is 0 Å². The molecular weight excluding hydrogens is 298 g/mol. The van der Waals surface area contributed by atoms with Crippen LogP contribution in [0.5, 0.6) is 0 Å². The molecule has 104 valence electrons. The molecule has 1 aromatic rings. The number of rotatable bonds is 5. The maximum atomic E-state index is 11.7. The molecule has 0 atom stereocenters. The largest absolute Gasteiger partial charge is 0.351 e. The molecule has 19 heavy (non-hydrogen) atoms. The highest BCUT2D eigenvalue weighted by molar-refractivity contribution is 7.89. The lowest BCUT2D eigenvalue weighted by Gasteiger charge is -2.06. The van der Waals surface area contributed by atoms with Gasteiger partial charge in [-0.25, -0.2) is 13.6 Å². The van der Waals surface area contributed by atoms with Crippen LogP contribution in [0.2, 0.25) is 5.02 Å². The summed E-state index contributed by atoms with van der Waals surface area (Å²) in [7, 11) is -3.69. The van der Waals surface area contributed by atoms with E-state index in [1.54, 1.807) is 0 Å². The lowest BCUT2D eigenvalue weighted by Crippen LogP contribution is -2.31. The summed E-state index contributed by atoms with van der Waals surface area (Å²) in [6.45, 7) is -0.212. The van der Waals surface area contributed by atoms with Gasteiger partial charge in [-0.15, -0.1) is 0 Å². The number of halogens is 1. The quantitative estimate of drug-likeness (QED) is 0.595. The first-order valence-electron chi connectivity index (χ1n) is 4.94. The standard InChI is InChI=1S/C9H10ClN3O5S/c10-8-6(2-1-3-7(8)13(15)16)9(14)12-4-5-19(11,17)18/h1-3H,4-5H2,(H,12,14)(H2,11,17,18). The van der Waals surface area contributed by atoms with Gasteiger partial charge in [-0.3, -0.25) is 14.9 Å². The smallest absolute Gasteiger partial charge is 0.288 e. The number of nitrogens with one attached hydrogen (secondary N) is 1. The lowest BCUT2D eigenvalue weighted by atomic mass is 10.2. The van der Waals surface area contributed by atoms with E-state index in [0.717, 1.165) is 6.07 Å². The third-order valence-electron chi connectivity index (χ3n) is 2.09. The average molecular weight is 308 g/mol. The predicted octanol–water partition coefficient (Wildman–Crippen LogP) is 0.267. The minimum atomic E-state index is -3.69. The zero-order chi connectivity index (χ0) is 14.6. The highest BCUT2D eigenvalue weighted by atomic mass is 35.5. The minimum absolute atomic E-state index is 0.106. The predicted molar refractivity (Wildman–Crippen MR) is 68.4 cm³/mol. The number of amides is 1. The van der Waals surface area contributed by atoms with Gasteiger partial charge in [0, 0.05) is 12.6 Å². The highest BCUT2D eigenvalue weighted by Crippen LogP contribution is 2.27. The molecule has 0 saturated carbocycles. The summed E-state index contributed by atoms with van der Waals surface area (Å²) in [5, 5.41) is 17.3. The fourth-order valence-corrected chi connectivity index (χ4v) is 1.91. The summed E-state index contributed by atoms with van der Waals surface area (Å²) in [5.74, 6) is -1.15. The van der Waals surface area contributed by atoms with Gasteiger partial charge in [0.15, 0.2) is 0 Å². The molecule has 3 N–H and O–H groups in total. The van der Waals surface area contributed by atoms with Gasteiger partial charge in [0.1, 0.15) is 5.02 Å². The summed E-state index contributed by atoms with van der Waals surface area (Å²) in [4.78, 5) is 21.6. The zero-order valence-electron chi connectivity index (χ0n) is 9.50. The first kappa shape index (κ1) is 15.3. The molecule has 1 amide bonds. The van der Waals surface area contributed by atoms with Gasteiger partial charge in [0.25, 0.3) is 11.6 Å². The number of sulfonamides is 1. The van der Waals surface area contributed by atoms with Gasteiger partial charge >= 0.3 is 0 Å². The second-order valence-electron chi connectivity index (χ2n) is 3.52. The van der Waals surface area contributed by atoms with Crippen molar-refractivity contribution in [3.05, 3.63) is 38.9 Å². The van der Waals surface area contributed by atoms with Gasteiger partial charge in [-0.2, -0.15) is 0 Å². The zero-order valence-corrected chi connectivity index (χ0v) is 11.1. The number of carbonyl (C=O) groups excluding carboxylic acids is 1. The lowest BCUT2D eigenvalue weighted by molar-refractivity contribution is -0.384. The molecular formula is C9H10ClN3O5S. The van der Waals surface area contributed by atoms with E-state index in [4.69, 9.17) is 16.7 Å². The molecule has 0 aliphatic rings. The number of benzene rings is 1. The Balaban J connectivity index is 2.83. The van der Waals surface area contributed by atoms with Crippen molar-refractivity contribution in [2.45, 2.75) is 0 Å². The van der Waals surface area contributed by atoms with Crippen molar-refractivity contribution in [2.24, 2.45) is 5.14 Å². The highest BCUT2D eigenvalue weighted by Gasteiger charge is 2.19. The summed E-state index contributed by atoms with van der Waals surface area (Å²) < 4.78 is 21.3. The normalized spacial score (nSPS) is 11.1. The van der Waals surface area contributed by atoms with Crippen LogP contribution in [0.25, 0.3) is 0 Å². The van der Waals surface area contributed by atoms with E-state index in [1.807, 2.05) is 0 Å². The minimum Gasteiger partial charge on any atom is -0.351 e. The van der Waals surface area contributed by atoms with Crippen LogP contribution in [0, 0.1) is 10.1 Å². The Morgan fingerprint density at radius 3 is 2.63 bits per heavy atom. The Kier molecular flexibility index (Phi) is 4.81. The fraction of sp³-hybridized carbons (Fsp3) is 0.222. The van der Waals surface area contributed by atoms with Gasteiger partial charge in [0.05, 0.1) is 16.2 Å². The maximum absolute atomic E-state index is 11.7. The van der Waals surface area contributed by atoms with Gasteiger partial charge in [0.2, 0.25) is 10.0 Å². The maximum Gasteiger partial charge on any atom is 0.288 e. The summed E-state index contributed by atoms with van der Waals surface area (Å²) in [6, 6.07) is 3.75. The van der Waals surface area contributed by atoms with Crippen LogP contribution < -0.4 is 10.5 Å². The Bertz CT molecular complexity index is 616. The first-order valence-corrected chi connectivity index (χ1v) is 7.03. The van der Waals surface area contributed by atoms with Gasteiger partial charge in [-0.1, -0.05) is 17.7 Å². The van der Waals surface area contributed by atoms with Crippen molar-refractivity contribution in [3.8, 4) is 0 Å². The Morgan fingerprint density at radius 1 is 1.47 bits per heavy atom. The second kappa shape index (κ2) is 5.95. The monoisotopic (exact) mass is 307 g/mol. The molecule has 0 heterocycles. The van der Waals surface area contributed by atoms with Crippen LogP contribution in [0.1, 0.15) is 10.4 Å². The van der Waals surface area contributed by atoms with Crippen molar-refractivity contribution < 1.29 is 18.1 Å². The second-order valence-corrected chi connectivity index (χ2v) is 5.63. The number of nitrogens with zero attached hydrogens (tertiary/aromatic N) is 1. The molecule has 0 aliphatic carbocycles. The van der Waals surface area contributed by atoms with Crippen LogP contribution in [0.3, 0.4) is 0 Å². The fourth-order valence-electron chi connectivity index (χ4n) is 1.24. The van der Waals surface area contributed by atoms with Crippen molar-refractivity contribution in [1.82, 2.24) is 5.32 Å². The van der Waals surface area contributed by atoms with Crippen molar-refractivity contribution >= 4 is 33.2 Å². The molecule has 0 unspecified atom stereocenters. The van der Waals surface area contributed by atoms with E-state index in [-0.39, 0.29) is 17.1 Å². The number of hydrogen-bond acceptors (Lipinski definition) is 5. The number of primary sulfonamides is 1. The van der Waals surface area contributed by atoms with Crippen molar-refractivity contribution in [1.29, 1.82) is 0 Å². The van der Waals surface area contributed by atoms with Crippen LogP contribution in [-0.4, -0.2) is 31.5 Å². The molecule has 0 fully saturated rings. The molecule has 0 saturated heterocycles. The Hall–Kier alpha value is -1.71. The summed E-state index contributed by atoms with van der Waals surface area (Å²) >= 11 is 5.72. The number of nitro benzene ring substituents is 1. The molecule has 1 aromatic carbocycles. The van der Waals surface area contributed by atoms with Crippen LogP contribution in [0.15, 0.2) is 18.2 Å².